The van der Waals surface area contributed by atoms with Crippen molar-refractivity contribution in [2.75, 3.05) is 0 Å². The van der Waals surface area contributed by atoms with E-state index in [4.69, 9.17) is 11.6 Å². The van der Waals surface area contributed by atoms with Crippen molar-refractivity contribution in [3.63, 3.8) is 0 Å². The van der Waals surface area contributed by atoms with Gasteiger partial charge < -0.3 is 4.40 Å². The molecule has 3 nitrogen and oxygen atoms in total. The van der Waals surface area contributed by atoms with Crippen LogP contribution in [0.5, 0.6) is 0 Å². The second-order valence-corrected chi connectivity index (χ2v) is 4.04. The first-order valence-corrected chi connectivity index (χ1v) is 5.85. The van der Waals surface area contributed by atoms with E-state index in [0.717, 1.165) is 22.6 Å². The molecule has 4 heteroatoms. The summed E-state index contributed by atoms with van der Waals surface area (Å²) in [5.41, 5.74) is 3.68. The van der Waals surface area contributed by atoms with Gasteiger partial charge in [0.25, 0.3) is 0 Å². The number of alkyl halides is 1. The highest BCUT2D eigenvalue weighted by atomic mass is 35.5. The minimum atomic E-state index is 0.489. The maximum atomic E-state index is 5.81. The smallest absolute Gasteiger partial charge is 0.137 e. The van der Waals surface area contributed by atoms with E-state index in [1.54, 1.807) is 6.20 Å². The van der Waals surface area contributed by atoms with E-state index in [2.05, 4.69) is 9.97 Å². The maximum absolute atomic E-state index is 5.81. The van der Waals surface area contributed by atoms with Crippen molar-refractivity contribution < 1.29 is 0 Å². The Kier molecular flexibility index (Phi) is 2.53. The van der Waals surface area contributed by atoms with Gasteiger partial charge in [0.2, 0.25) is 0 Å². The Morgan fingerprint density at radius 1 is 1.18 bits per heavy atom. The van der Waals surface area contributed by atoms with Crippen LogP contribution >= 0.6 is 11.6 Å². The average molecular weight is 244 g/mol. The van der Waals surface area contributed by atoms with Gasteiger partial charge in [-0.1, -0.05) is 6.07 Å². The number of nitrogens with zero attached hydrogens (tertiary/aromatic N) is 3. The minimum Gasteiger partial charge on any atom is -0.306 e. The Bertz CT molecular complexity index is 627. The lowest BCUT2D eigenvalue weighted by molar-refractivity contribution is 1.19. The molecule has 84 valence electrons. The number of hydrogen-bond donors (Lipinski definition) is 0. The zero-order chi connectivity index (χ0) is 11.7. The lowest BCUT2D eigenvalue weighted by Gasteiger charge is -1.97. The molecule has 0 fully saturated rings. The van der Waals surface area contributed by atoms with Crippen molar-refractivity contribution in [3.05, 3.63) is 54.5 Å². The number of halogens is 1. The van der Waals surface area contributed by atoms with E-state index in [1.807, 2.05) is 47.1 Å². The van der Waals surface area contributed by atoms with Crippen LogP contribution in [0.4, 0.5) is 0 Å². The average Bonchev–Trinajstić information content (AvgIpc) is 2.82. The van der Waals surface area contributed by atoms with Crippen molar-refractivity contribution in [2.24, 2.45) is 0 Å². The van der Waals surface area contributed by atoms with Gasteiger partial charge in [0.05, 0.1) is 5.69 Å². The molecule has 0 aliphatic carbocycles. The van der Waals surface area contributed by atoms with Crippen LogP contribution in [0.2, 0.25) is 0 Å². The van der Waals surface area contributed by atoms with Gasteiger partial charge in [-0.3, -0.25) is 4.98 Å². The van der Waals surface area contributed by atoms with Crippen LogP contribution in [-0.4, -0.2) is 14.4 Å². The number of aromatic nitrogens is 3. The standard InChI is InChI=1S/C13H10ClN3/c14-8-10-4-5-15-11(7-10)12-9-17-6-2-1-3-13(17)16-12/h1-7,9H,8H2. The van der Waals surface area contributed by atoms with Gasteiger partial charge >= 0.3 is 0 Å². The summed E-state index contributed by atoms with van der Waals surface area (Å²) in [6, 6.07) is 9.78. The third kappa shape index (κ3) is 1.89. The summed E-state index contributed by atoms with van der Waals surface area (Å²) in [4.78, 5) is 8.83. The summed E-state index contributed by atoms with van der Waals surface area (Å²) < 4.78 is 1.98. The molecule has 0 amide bonds. The fraction of sp³-hybridized carbons (Fsp3) is 0.0769. The highest BCUT2D eigenvalue weighted by molar-refractivity contribution is 6.17. The highest BCUT2D eigenvalue weighted by Gasteiger charge is 2.05. The van der Waals surface area contributed by atoms with Gasteiger partial charge in [0, 0.05) is 24.5 Å². The van der Waals surface area contributed by atoms with Gasteiger partial charge in [0.15, 0.2) is 0 Å². The summed E-state index contributed by atoms with van der Waals surface area (Å²) in [6.07, 6.45) is 5.70. The molecule has 0 bridgehead atoms. The first-order valence-electron chi connectivity index (χ1n) is 5.32. The highest BCUT2D eigenvalue weighted by Crippen LogP contribution is 2.18. The number of fused-ring (bicyclic) bond motifs is 1. The molecule has 0 aromatic carbocycles. The normalized spacial score (nSPS) is 10.9. The maximum Gasteiger partial charge on any atom is 0.137 e. The number of pyridine rings is 2. The molecule has 0 aliphatic rings. The van der Waals surface area contributed by atoms with Gasteiger partial charge in [-0.05, 0) is 29.8 Å². The summed E-state index contributed by atoms with van der Waals surface area (Å²) in [6.45, 7) is 0. The largest absolute Gasteiger partial charge is 0.306 e. The monoisotopic (exact) mass is 243 g/mol. The van der Waals surface area contributed by atoms with Crippen molar-refractivity contribution in [2.45, 2.75) is 5.88 Å². The minimum absolute atomic E-state index is 0.489. The summed E-state index contributed by atoms with van der Waals surface area (Å²) in [7, 11) is 0. The molecular weight excluding hydrogens is 234 g/mol. The van der Waals surface area contributed by atoms with Crippen LogP contribution in [0.1, 0.15) is 5.56 Å². The summed E-state index contributed by atoms with van der Waals surface area (Å²) in [5.74, 6) is 0.489. The van der Waals surface area contributed by atoms with E-state index in [1.165, 1.54) is 0 Å². The van der Waals surface area contributed by atoms with Gasteiger partial charge in [-0.15, -0.1) is 11.6 Å². The fourth-order valence-electron chi connectivity index (χ4n) is 1.76. The molecule has 17 heavy (non-hydrogen) atoms. The molecule has 0 N–H and O–H groups in total. The molecule has 0 unspecified atom stereocenters. The Hall–Kier alpha value is -1.87. The van der Waals surface area contributed by atoms with Crippen LogP contribution < -0.4 is 0 Å². The predicted molar refractivity (Wildman–Crippen MR) is 68.0 cm³/mol. The molecule has 0 aliphatic heterocycles. The number of hydrogen-bond acceptors (Lipinski definition) is 2. The second kappa shape index (κ2) is 4.18. The Balaban J connectivity index is 2.13. The SMILES string of the molecule is ClCc1ccnc(-c2cn3ccccc3n2)c1. The van der Waals surface area contributed by atoms with Gasteiger partial charge in [-0.2, -0.15) is 0 Å². The predicted octanol–water partition coefficient (Wildman–Crippen LogP) is 3.14. The lowest BCUT2D eigenvalue weighted by Crippen LogP contribution is -1.85. The van der Waals surface area contributed by atoms with Gasteiger partial charge in [0.1, 0.15) is 11.3 Å². The van der Waals surface area contributed by atoms with Crippen molar-refractivity contribution >= 4 is 17.2 Å². The molecule has 3 aromatic rings. The lowest BCUT2D eigenvalue weighted by atomic mass is 10.2. The zero-order valence-corrected chi connectivity index (χ0v) is 9.80. The van der Waals surface area contributed by atoms with Crippen molar-refractivity contribution in [3.8, 4) is 11.4 Å². The molecule has 0 saturated carbocycles. The molecule has 0 spiro atoms. The zero-order valence-electron chi connectivity index (χ0n) is 9.05. The molecule has 3 rings (SSSR count). The first-order chi connectivity index (χ1) is 8.36. The summed E-state index contributed by atoms with van der Waals surface area (Å²) in [5, 5.41) is 0. The number of rotatable bonds is 2. The van der Waals surface area contributed by atoms with E-state index in [0.29, 0.717) is 5.88 Å². The Morgan fingerprint density at radius 3 is 2.94 bits per heavy atom. The molecule has 3 aromatic heterocycles. The van der Waals surface area contributed by atoms with E-state index >= 15 is 0 Å². The second-order valence-electron chi connectivity index (χ2n) is 3.78. The van der Waals surface area contributed by atoms with E-state index < -0.39 is 0 Å². The molecular formula is C13H10ClN3. The van der Waals surface area contributed by atoms with Crippen LogP contribution in [0.25, 0.3) is 17.0 Å². The van der Waals surface area contributed by atoms with Crippen LogP contribution in [0, 0.1) is 0 Å². The molecule has 0 radical (unpaired) electrons. The van der Waals surface area contributed by atoms with Crippen LogP contribution in [0.15, 0.2) is 48.9 Å². The van der Waals surface area contributed by atoms with Gasteiger partial charge in [-0.25, -0.2) is 4.98 Å². The van der Waals surface area contributed by atoms with Crippen molar-refractivity contribution in [1.29, 1.82) is 0 Å². The molecule has 0 saturated heterocycles. The third-order valence-corrected chi connectivity index (χ3v) is 2.91. The Labute approximate surface area is 104 Å². The van der Waals surface area contributed by atoms with Crippen LogP contribution in [-0.2, 0) is 5.88 Å². The number of imidazole rings is 1. The Morgan fingerprint density at radius 2 is 2.12 bits per heavy atom. The van der Waals surface area contributed by atoms with Crippen LogP contribution in [0.3, 0.4) is 0 Å². The fourth-order valence-corrected chi connectivity index (χ4v) is 1.92. The van der Waals surface area contributed by atoms with Crippen molar-refractivity contribution in [1.82, 2.24) is 14.4 Å². The topological polar surface area (TPSA) is 30.2 Å². The molecule has 3 heterocycles. The third-order valence-electron chi connectivity index (χ3n) is 2.61. The summed E-state index contributed by atoms with van der Waals surface area (Å²) >= 11 is 5.81. The van der Waals surface area contributed by atoms with E-state index in [-0.39, 0.29) is 0 Å². The quantitative estimate of drug-likeness (QED) is 0.648. The first kappa shape index (κ1) is 10.3. The molecule has 0 atom stereocenters. The van der Waals surface area contributed by atoms with E-state index in [9.17, 15) is 0 Å².